The van der Waals surface area contributed by atoms with Gasteiger partial charge in [0.2, 0.25) is 0 Å². The summed E-state index contributed by atoms with van der Waals surface area (Å²) in [7, 11) is 4.20. The zero-order chi connectivity index (χ0) is 11.0. The van der Waals surface area contributed by atoms with Crippen molar-refractivity contribution in [2.75, 3.05) is 33.7 Å². The molecule has 15 heavy (non-hydrogen) atoms. The van der Waals surface area contributed by atoms with Crippen LogP contribution in [0.3, 0.4) is 0 Å². The van der Waals surface area contributed by atoms with Crippen LogP contribution in [0.15, 0.2) is 0 Å². The molecule has 0 aromatic heterocycles. The predicted molar refractivity (Wildman–Crippen MR) is 60.8 cm³/mol. The molecule has 3 heteroatoms. The monoisotopic (exact) mass is 210 g/mol. The quantitative estimate of drug-likeness (QED) is 0.675. The summed E-state index contributed by atoms with van der Waals surface area (Å²) in [6.45, 7) is 5.26. The molecular weight excluding hydrogens is 188 g/mol. The maximum Gasteiger partial charge on any atom is 0.143 e. The molecule has 1 heterocycles. The number of rotatable bonds is 2. The molecule has 2 aliphatic rings. The summed E-state index contributed by atoms with van der Waals surface area (Å²) in [4.78, 5) is 16.8. The van der Waals surface area contributed by atoms with Crippen LogP contribution >= 0.6 is 0 Å². The first-order chi connectivity index (χ1) is 7.13. The van der Waals surface area contributed by atoms with E-state index in [0.717, 1.165) is 26.1 Å². The van der Waals surface area contributed by atoms with Gasteiger partial charge in [0.05, 0.1) is 0 Å². The Hall–Kier alpha value is -0.410. The minimum Gasteiger partial charge on any atom is -0.306 e. The smallest absolute Gasteiger partial charge is 0.143 e. The molecule has 0 aromatic rings. The van der Waals surface area contributed by atoms with E-state index in [1.807, 2.05) is 0 Å². The van der Waals surface area contributed by atoms with Gasteiger partial charge in [-0.15, -0.1) is 0 Å². The van der Waals surface area contributed by atoms with Crippen molar-refractivity contribution in [2.24, 2.45) is 11.8 Å². The van der Waals surface area contributed by atoms with E-state index in [0.29, 0.717) is 17.7 Å². The number of hydrogen-bond donors (Lipinski definition) is 0. The summed E-state index contributed by atoms with van der Waals surface area (Å²) < 4.78 is 0. The van der Waals surface area contributed by atoms with Crippen LogP contribution < -0.4 is 0 Å². The first-order valence-corrected chi connectivity index (χ1v) is 6.06. The summed E-state index contributed by atoms with van der Waals surface area (Å²) in [5, 5.41) is 0. The van der Waals surface area contributed by atoms with Crippen LogP contribution in [-0.2, 0) is 4.79 Å². The molecule has 2 fully saturated rings. The maximum atomic E-state index is 12.1. The van der Waals surface area contributed by atoms with E-state index < -0.39 is 0 Å². The van der Waals surface area contributed by atoms with Crippen LogP contribution in [0, 0.1) is 11.8 Å². The molecular formula is C12H22N2O. The summed E-state index contributed by atoms with van der Waals surface area (Å²) in [6.07, 6.45) is 2.29. The van der Waals surface area contributed by atoms with Crippen molar-refractivity contribution < 1.29 is 4.79 Å². The topological polar surface area (TPSA) is 23.6 Å². The van der Waals surface area contributed by atoms with Gasteiger partial charge in [0.1, 0.15) is 5.78 Å². The fourth-order valence-corrected chi connectivity index (χ4v) is 3.14. The third-order valence-corrected chi connectivity index (χ3v) is 4.09. The predicted octanol–water partition coefficient (Wildman–Crippen LogP) is 0.847. The molecule has 2 unspecified atom stereocenters. The van der Waals surface area contributed by atoms with E-state index in [2.05, 4.69) is 30.8 Å². The van der Waals surface area contributed by atoms with Crippen molar-refractivity contribution in [3.8, 4) is 0 Å². The van der Waals surface area contributed by atoms with Gasteiger partial charge in [-0.05, 0) is 33.5 Å². The molecule has 0 N–H and O–H groups in total. The first-order valence-electron chi connectivity index (χ1n) is 6.06. The van der Waals surface area contributed by atoms with E-state index in [9.17, 15) is 4.79 Å². The van der Waals surface area contributed by atoms with Gasteiger partial charge in [-0.2, -0.15) is 0 Å². The molecule has 3 nitrogen and oxygen atoms in total. The lowest BCUT2D eigenvalue weighted by atomic mass is 9.73. The van der Waals surface area contributed by atoms with Crippen molar-refractivity contribution >= 4 is 5.78 Å². The van der Waals surface area contributed by atoms with Gasteiger partial charge in [-0.3, -0.25) is 4.79 Å². The molecule has 0 spiro atoms. The van der Waals surface area contributed by atoms with Gasteiger partial charge < -0.3 is 9.80 Å². The third kappa shape index (κ3) is 1.95. The molecule has 0 radical (unpaired) electrons. The molecule has 86 valence electrons. The van der Waals surface area contributed by atoms with Crippen molar-refractivity contribution in [1.82, 2.24) is 9.80 Å². The second-order valence-electron chi connectivity index (χ2n) is 5.17. The van der Waals surface area contributed by atoms with Crippen LogP contribution in [0.2, 0.25) is 0 Å². The highest BCUT2D eigenvalue weighted by Gasteiger charge is 2.43. The zero-order valence-corrected chi connectivity index (χ0v) is 10.1. The summed E-state index contributed by atoms with van der Waals surface area (Å²) in [6, 6.07) is 0.475. The van der Waals surface area contributed by atoms with E-state index in [1.54, 1.807) is 0 Å². The Morgan fingerprint density at radius 1 is 1.33 bits per heavy atom. The number of piperidine rings is 1. The Bertz CT molecular complexity index is 252. The maximum absolute atomic E-state index is 12.1. The number of likely N-dealkylation sites (tertiary alicyclic amines) is 1. The van der Waals surface area contributed by atoms with Crippen LogP contribution in [0.1, 0.15) is 19.8 Å². The van der Waals surface area contributed by atoms with Crippen LogP contribution in [0.25, 0.3) is 0 Å². The Labute approximate surface area is 92.4 Å². The minimum atomic E-state index is 0.271. The van der Waals surface area contributed by atoms with E-state index in [1.165, 1.54) is 6.42 Å². The number of ketones is 1. The highest BCUT2D eigenvalue weighted by Crippen LogP contribution is 2.33. The summed E-state index contributed by atoms with van der Waals surface area (Å²) in [5.41, 5.74) is 0. The van der Waals surface area contributed by atoms with Crippen LogP contribution in [-0.4, -0.2) is 55.4 Å². The lowest BCUT2D eigenvalue weighted by Gasteiger charge is -2.45. The van der Waals surface area contributed by atoms with E-state index >= 15 is 0 Å². The molecule has 2 bridgehead atoms. The normalized spacial score (nSPS) is 37.3. The largest absolute Gasteiger partial charge is 0.306 e. The van der Waals surface area contributed by atoms with Crippen molar-refractivity contribution in [3.63, 3.8) is 0 Å². The SMILES string of the molecule is CCN1CC2CC[C@@H](N(C)C)C(C1)C2=O. The zero-order valence-electron chi connectivity index (χ0n) is 10.1. The highest BCUT2D eigenvalue weighted by atomic mass is 16.1. The molecule has 3 atom stereocenters. The minimum absolute atomic E-state index is 0.271. The lowest BCUT2D eigenvalue weighted by Crippen LogP contribution is -2.56. The molecule has 1 saturated heterocycles. The van der Waals surface area contributed by atoms with Gasteiger partial charge in [-0.25, -0.2) is 0 Å². The number of carbonyl (C=O) groups excluding carboxylic acids is 1. The second-order valence-corrected chi connectivity index (χ2v) is 5.17. The number of hydrogen-bond acceptors (Lipinski definition) is 3. The van der Waals surface area contributed by atoms with Crippen LogP contribution in [0.4, 0.5) is 0 Å². The van der Waals surface area contributed by atoms with Gasteiger partial charge in [0, 0.05) is 31.0 Å². The Morgan fingerprint density at radius 2 is 2.07 bits per heavy atom. The fourth-order valence-electron chi connectivity index (χ4n) is 3.14. The molecule has 0 amide bonds. The van der Waals surface area contributed by atoms with E-state index in [4.69, 9.17) is 0 Å². The first kappa shape index (κ1) is 11.1. The van der Waals surface area contributed by atoms with Crippen molar-refractivity contribution in [3.05, 3.63) is 0 Å². The number of fused-ring (bicyclic) bond motifs is 2. The standard InChI is InChI=1S/C12H22N2O/c1-4-14-7-9-5-6-11(13(2)3)10(8-14)12(9)15/h9-11H,4-8H2,1-3H3/t9?,10?,11-/m1/s1. The number of Topliss-reactive ketones (excluding diaryl/α,β-unsaturated/α-hetero) is 1. The Kier molecular flexibility index (Phi) is 3.12. The van der Waals surface area contributed by atoms with Crippen LogP contribution in [0.5, 0.6) is 0 Å². The number of nitrogens with zero attached hydrogens (tertiary/aromatic N) is 2. The Morgan fingerprint density at radius 3 is 2.67 bits per heavy atom. The molecule has 1 saturated carbocycles. The summed E-state index contributed by atoms with van der Waals surface area (Å²) >= 11 is 0. The third-order valence-electron chi connectivity index (χ3n) is 4.09. The lowest BCUT2D eigenvalue weighted by molar-refractivity contribution is -0.137. The van der Waals surface area contributed by atoms with E-state index in [-0.39, 0.29) is 5.92 Å². The molecule has 0 aromatic carbocycles. The van der Waals surface area contributed by atoms with Gasteiger partial charge in [0.15, 0.2) is 0 Å². The number of carbonyl (C=O) groups is 1. The van der Waals surface area contributed by atoms with Gasteiger partial charge in [0.25, 0.3) is 0 Å². The fraction of sp³-hybridized carbons (Fsp3) is 0.917. The molecule has 1 aliphatic heterocycles. The Balaban J connectivity index is 2.13. The van der Waals surface area contributed by atoms with Crippen molar-refractivity contribution in [2.45, 2.75) is 25.8 Å². The molecule has 2 rings (SSSR count). The highest BCUT2D eigenvalue weighted by molar-refractivity contribution is 5.86. The molecule has 1 aliphatic carbocycles. The average Bonchev–Trinajstić information content (AvgIpc) is 2.17. The van der Waals surface area contributed by atoms with Crippen molar-refractivity contribution in [1.29, 1.82) is 0 Å². The average molecular weight is 210 g/mol. The summed E-state index contributed by atoms with van der Waals surface area (Å²) in [5.74, 6) is 1.14. The van der Waals surface area contributed by atoms with Gasteiger partial charge >= 0.3 is 0 Å². The van der Waals surface area contributed by atoms with Gasteiger partial charge in [-0.1, -0.05) is 6.92 Å². The second kappa shape index (κ2) is 4.22.